The van der Waals surface area contributed by atoms with Crippen LogP contribution in [-0.4, -0.2) is 20.0 Å². The first kappa shape index (κ1) is 13.4. The second-order valence-corrected chi connectivity index (χ2v) is 5.65. The van der Waals surface area contributed by atoms with E-state index in [1.165, 1.54) is 17.4 Å². The van der Waals surface area contributed by atoms with Gasteiger partial charge in [0, 0.05) is 6.07 Å². The van der Waals surface area contributed by atoms with E-state index in [1.54, 1.807) is 13.0 Å². The molecule has 0 fully saturated rings. The number of benzene rings is 1. The highest BCUT2D eigenvalue weighted by molar-refractivity contribution is 7.18. The minimum Gasteiger partial charge on any atom is -0.370 e. The number of nitro groups is 1. The summed E-state index contributed by atoms with van der Waals surface area (Å²) in [5.74, 6) is 0.892. The molecule has 0 unspecified atom stereocenters. The second kappa shape index (κ2) is 5.09. The van der Waals surface area contributed by atoms with Crippen LogP contribution in [0, 0.1) is 24.0 Å². The third kappa shape index (κ3) is 2.68. The molecule has 2 heterocycles. The van der Waals surface area contributed by atoms with Crippen LogP contribution in [0.5, 0.6) is 0 Å². The highest BCUT2D eigenvalue weighted by Gasteiger charge is 2.17. The summed E-state index contributed by atoms with van der Waals surface area (Å²) in [5.41, 5.74) is 1.11. The first-order valence-electron chi connectivity index (χ1n) is 6.11. The van der Waals surface area contributed by atoms with Crippen LogP contribution < -0.4 is 5.32 Å². The van der Waals surface area contributed by atoms with Gasteiger partial charge in [-0.3, -0.25) is 10.1 Å². The molecule has 108 valence electrons. The summed E-state index contributed by atoms with van der Waals surface area (Å²) >= 11 is 1.43. The van der Waals surface area contributed by atoms with E-state index in [9.17, 15) is 10.1 Å². The van der Waals surface area contributed by atoms with E-state index in [2.05, 4.69) is 20.4 Å². The van der Waals surface area contributed by atoms with Gasteiger partial charge in [-0.15, -0.1) is 11.3 Å². The van der Waals surface area contributed by atoms with Crippen LogP contribution in [0.3, 0.4) is 0 Å². The maximum absolute atomic E-state index is 11.2. The summed E-state index contributed by atoms with van der Waals surface area (Å²) in [5, 5.41) is 18.7. The van der Waals surface area contributed by atoms with Gasteiger partial charge in [-0.2, -0.15) is 4.98 Å². The van der Waals surface area contributed by atoms with Gasteiger partial charge in [0.25, 0.3) is 5.69 Å². The molecule has 0 radical (unpaired) electrons. The van der Waals surface area contributed by atoms with E-state index in [4.69, 9.17) is 4.52 Å². The smallest absolute Gasteiger partial charge is 0.293 e. The third-order valence-corrected chi connectivity index (χ3v) is 3.74. The number of thiazole rings is 1. The highest BCUT2D eigenvalue weighted by Crippen LogP contribution is 2.33. The molecule has 0 saturated carbocycles. The number of anilines is 1. The molecule has 9 heteroatoms. The average molecular weight is 305 g/mol. The monoisotopic (exact) mass is 305 g/mol. The molecule has 3 rings (SSSR count). The summed E-state index contributed by atoms with van der Waals surface area (Å²) in [6.45, 7) is 3.79. The van der Waals surface area contributed by atoms with Crippen LogP contribution in [0.15, 0.2) is 16.7 Å². The number of hydrogen-bond donors (Lipinski definition) is 1. The van der Waals surface area contributed by atoms with Gasteiger partial charge >= 0.3 is 0 Å². The molecule has 0 aliphatic heterocycles. The number of aryl methyl sites for hydroxylation is 2. The van der Waals surface area contributed by atoms with Crippen LogP contribution in [0.2, 0.25) is 0 Å². The van der Waals surface area contributed by atoms with Gasteiger partial charge in [-0.1, -0.05) is 5.16 Å². The van der Waals surface area contributed by atoms with Crippen LogP contribution >= 0.6 is 11.3 Å². The number of fused-ring (bicyclic) bond motifs is 1. The van der Waals surface area contributed by atoms with E-state index in [0.717, 1.165) is 15.2 Å². The Morgan fingerprint density at radius 2 is 2.19 bits per heavy atom. The molecule has 0 amide bonds. The Balaban J connectivity index is 1.95. The molecule has 3 aromatic rings. The molecule has 0 atom stereocenters. The van der Waals surface area contributed by atoms with E-state index in [-0.39, 0.29) is 12.2 Å². The van der Waals surface area contributed by atoms with E-state index in [0.29, 0.717) is 17.4 Å². The molecule has 0 aliphatic rings. The van der Waals surface area contributed by atoms with Crippen molar-refractivity contribution in [2.24, 2.45) is 0 Å². The Morgan fingerprint density at radius 3 is 2.86 bits per heavy atom. The lowest BCUT2D eigenvalue weighted by atomic mass is 10.2. The van der Waals surface area contributed by atoms with E-state index in [1.807, 2.05) is 6.92 Å². The zero-order valence-electron chi connectivity index (χ0n) is 11.3. The SMILES string of the molecule is Cc1noc(CNc2cc3nc(C)sc3cc2[N+](=O)[O-])n1. The van der Waals surface area contributed by atoms with Gasteiger partial charge in [0.1, 0.15) is 5.69 Å². The Labute approximate surface area is 123 Å². The van der Waals surface area contributed by atoms with Gasteiger partial charge < -0.3 is 9.84 Å². The Kier molecular flexibility index (Phi) is 3.26. The summed E-state index contributed by atoms with van der Waals surface area (Å²) in [4.78, 5) is 19.1. The Hall–Kier alpha value is -2.55. The number of rotatable bonds is 4. The summed E-state index contributed by atoms with van der Waals surface area (Å²) in [7, 11) is 0. The van der Waals surface area contributed by atoms with E-state index < -0.39 is 4.92 Å². The van der Waals surface area contributed by atoms with Crippen molar-refractivity contribution in [3.63, 3.8) is 0 Å². The minimum absolute atomic E-state index is 0.00221. The molecule has 0 saturated heterocycles. The molecule has 1 N–H and O–H groups in total. The zero-order valence-corrected chi connectivity index (χ0v) is 12.1. The molecule has 0 aliphatic carbocycles. The van der Waals surface area contributed by atoms with Crippen molar-refractivity contribution in [1.82, 2.24) is 15.1 Å². The third-order valence-electron chi connectivity index (χ3n) is 2.81. The van der Waals surface area contributed by atoms with Gasteiger partial charge in [-0.25, -0.2) is 4.98 Å². The fourth-order valence-corrected chi connectivity index (χ4v) is 2.80. The maximum atomic E-state index is 11.2. The molecule has 2 aromatic heterocycles. The Bertz CT molecular complexity index is 826. The number of nitrogens with one attached hydrogen (secondary N) is 1. The molecular formula is C12H11N5O3S. The largest absolute Gasteiger partial charge is 0.370 e. The second-order valence-electron chi connectivity index (χ2n) is 4.42. The normalized spacial score (nSPS) is 11.0. The Morgan fingerprint density at radius 1 is 1.38 bits per heavy atom. The van der Waals surface area contributed by atoms with Crippen LogP contribution in [-0.2, 0) is 6.54 Å². The molecule has 21 heavy (non-hydrogen) atoms. The van der Waals surface area contributed by atoms with Crippen LogP contribution in [0.1, 0.15) is 16.7 Å². The topological polar surface area (TPSA) is 107 Å². The minimum atomic E-state index is -0.421. The van der Waals surface area contributed by atoms with Gasteiger partial charge in [0.05, 0.1) is 26.7 Å². The first-order valence-corrected chi connectivity index (χ1v) is 6.93. The molecule has 0 bridgehead atoms. The van der Waals surface area contributed by atoms with Crippen molar-refractivity contribution in [2.75, 3.05) is 5.32 Å². The standard InChI is InChI=1S/C12H11N5O3S/c1-6-14-12(20-16-6)5-13-8-3-9-11(21-7(2)15-9)4-10(8)17(18)19/h3-4,13H,5H2,1-2H3. The lowest BCUT2D eigenvalue weighted by Gasteiger charge is -2.04. The predicted octanol–water partition coefficient (Wildman–Crippen LogP) is 2.82. The highest BCUT2D eigenvalue weighted by atomic mass is 32.1. The summed E-state index contributed by atoms with van der Waals surface area (Å²) < 4.78 is 5.76. The fraction of sp³-hybridized carbons (Fsp3) is 0.250. The van der Waals surface area contributed by atoms with Gasteiger partial charge in [0.15, 0.2) is 5.82 Å². The molecule has 1 aromatic carbocycles. The fourth-order valence-electron chi connectivity index (χ4n) is 1.95. The number of aromatic nitrogens is 3. The predicted molar refractivity (Wildman–Crippen MR) is 77.4 cm³/mol. The van der Waals surface area contributed by atoms with Crippen LogP contribution in [0.25, 0.3) is 10.2 Å². The number of nitrogens with zero attached hydrogens (tertiary/aromatic N) is 4. The lowest BCUT2D eigenvalue weighted by Crippen LogP contribution is -2.03. The van der Waals surface area contributed by atoms with Crippen LogP contribution in [0.4, 0.5) is 11.4 Å². The molecule has 0 spiro atoms. The molecule has 8 nitrogen and oxygen atoms in total. The average Bonchev–Trinajstić information content (AvgIpc) is 2.99. The van der Waals surface area contributed by atoms with Crippen molar-refractivity contribution in [3.05, 3.63) is 39.0 Å². The number of nitro benzene ring substituents is 1. The zero-order chi connectivity index (χ0) is 15.0. The maximum Gasteiger partial charge on any atom is 0.293 e. The molecular weight excluding hydrogens is 294 g/mol. The number of hydrogen-bond acceptors (Lipinski definition) is 8. The van der Waals surface area contributed by atoms with E-state index >= 15 is 0 Å². The quantitative estimate of drug-likeness (QED) is 0.583. The van der Waals surface area contributed by atoms with Crippen molar-refractivity contribution in [3.8, 4) is 0 Å². The first-order chi connectivity index (χ1) is 10.0. The van der Waals surface area contributed by atoms with Gasteiger partial charge in [-0.05, 0) is 19.9 Å². The van der Waals surface area contributed by atoms with Crippen molar-refractivity contribution >= 4 is 32.9 Å². The summed E-state index contributed by atoms with van der Waals surface area (Å²) in [6, 6.07) is 3.20. The lowest BCUT2D eigenvalue weighted by molar-refractivity contribution is -0.383. The van der Waals surface area contributed by atoms with Crippen molar-refractivity contribution in [2.45, 2.75) is 20.4 Å². The van der Waals surface area contributed by atoms with Gasteiger partial charge in [0.2, 0.25) is 5.89 Å². The van der Waals surface area contributed by atoms with Crippen molar-refractivity contribution < 1.29 is 9.45 Å². The van der Waals surface area contributed by atoms with Crippen molar-refractivity contribution in [1.29, 1.82) is 0 Å². The summed E-state index contributed by atoms with van der Waals surface area (Å²) in [6.07, 6.45) is 0.